The van der Waals surface area contributed by atoms with Gasteiger partial charge in [-0.15, -0.1) is 0 Å². The number of rotatable bonds is 14. The van der Waals surface area contributed by atoms with Gasteiger partial charge in [-0.2, -0.15) is 0 Å². The van der Waals surface area contributed by atoms with Gasteiger partial charge in [0, 0.05) is 0 Å². The third-order valence-electron chi connectivity index (χ3n) is 3.71. The first-order chi connectivity index (χ1) is 8.41. The normalized spacial score (nSPS) is 10.9. The summed E-state index contributed by atoms with van der Waals surface area (Å²) in [6.07, 6.45) is 17.9. The summed E-state index contributed by atoms with van der Waals surface area (Å²) in [6.45, 7) is 4.60. The molecule has 0 aromatic carbocycles. The Balaban J connectivity index is 2.85. The predicted molar refractivity (Wildman–Crippen MR) is 84.9 cm³/mol. The summed E-state index contributed by atoms with van der Waals surface area (Å²) >= 11 is -0.0720. The molecule has 1 heteroatoms. The molecule has 0 unspecified atom stereocenters. The SMILES string of the molecule is CCCCCCC[CH2][GeH2][CH2]CCCCCCC. The summed E-state index contributed by atoms with van der Waals surface area (Å²) in [7, 11) is 0. The van der Waals surface area contributed by atoms with Crippen molar-refractivity contribution in [3.8, 4) is 0 Å². The van der Waals surface area contributed by atoms with Gasteiger partial charge in [-0.25, -0.2) is 0 Å². The molecule has 0 aromatic heterocycles. The molecule has 0 rings (SSSR count). The van der Waals surface area contributed by atoms with Crippen LogP contribution in [0.5, 0.6) is 0 Å². The fraction of sp³-hybridized carbons (Fsp3) is 1.00. The van der Waals surface area contributed by atoms with Gasteiger partial charge in [-0.3, -0.25) is 0 Å². The molecular weight excluding hydrogens is 265 g/mol. The van der Waals surface area contributed by atoms with Gasteiger partial charge in [-0.1, -0.05) is 0 Å². The number of unbranched alkanes of at least 4 members (excludes halogenated alkanes) is 10. The zero-order chi connectivity index (χ0) is 12.6. The summed E-state index contributed by atoms with van der Waals surface area (Å²) in [5.41, 5.74) is 0. The number of hydrogen-bond acceptors (Lipinski definition) is 0. The van der Waals surface area contributed by atoms with Crippen LogP contribution in [0.25, 0.3) is 0 Å². The average Bonchev–Trinajstić information content (AvgIpc) is 2.35. The van der Waals surface area contributed by atoms with E-state index in [9.17, 15) is 0 Å². The van der Waals surface area contributed by atoms with E-state index in [0.29, 0.717) is 0 Å². The first-order valence-electron chi connectivity index (χ1n) is 8.41. The summed E-state index contributed by atoms with van der Waals surface area (Å²) in [5, 5.41) is 3.35. The zero-order valence-electron chi connectivity index (χ0n) is 12.6. The average molecular weight is 301 g/mol. The molecular formula is C16H36Ge. The van der Waals surface area contributed by atoms with Crippen LogP contribution in [-0.2, 0) is 0 Å². The summed E-state index contributed by atoms with van der Waals surface area (Å²) < 4.78 is 0. The van der Waals surface area contributed by atoms with Crippen LogP contribution < -0.4 is 0 Å². The van der Waals surface area contributed by atoms with Crippen LogP contribution in [0.4, 0.5) is 0 Å². The molecule has 0 N–H and O–H groups in total. The molecule has 0 aliphatic rings. The van der Waals surface area contributed by atoms with Crippen molar-refractivity contribution in [2.75, 3.05) is 0 Å². The van der Waals surface area contributed by atoms with E-state index in [1.165, 1.54) is 64.2 Å². The van der Waals surface area contributed by atoms with Crippen molar-refractivity contribution < 1.29 is 0 Å². The Kier molecular flexibility index (Phi) is 17.1. The van der Waals surface area contributed by atoms with E-state index in [1.807, 2.05) is 0 Å². The van der Waals surface area contributed by atoms with Crippen molar-refractivity contribution >= 4 is 15.4 Å². The molecule has 0 spiro atoms. The van der Waals surface area contributed by atoms with Gasteiger partial charge in [0.25, 0.3) is 0 Å². The summed E-state index contributed by atoms with van der Waals surface area (Å²) in [4.78, 5) is 0. The van der Waals surface area contributed by atoms with E-state index < -0.39 is 0 Å². The molecule has 0 saturated heterocycles. The topological polar surface area (TPSA) is 0 Å². The molecule has 0 heterocycles. The van der Waals surface area contributed by atoms with E-state index in [1.54, 1.807) is 23.3 Å². The van der Waals surface area contributed by atoms with Crippen LogP contribution in [0.2, 0.25) is 10.5 Å². The van der Waals surface area contributed by atoms with Gasteiger partial charge in [-0.05, 0) is 0 Å². The van der Waals surface area contributed by atoms with Crippen molar-refractivity contribution in [2.24, 2.45) is 0 Å². The second kappa shape index (κ2) is 16.5. The molecule has 0 saturated carbocycles. The number of hydrogen-bond donors (Lipinski definition) is 0. The first kappa shape index (κ1) is 17.5. The monoisotopic (exact) mass is 302 g/mol. The van der Waals surface area contributed by atoms with Gasteiger partial charge in [0.1, 0.15) is 0 Å². The quantitative estimate of drug-likeness (QED) is 0.284. The van der Waals surface area contributed by atoms with Crippen LogP contribution in [0.15, 0.2) is 0 Å². The van der Waals surface area contributed by atoms with Gasteiger partial charge < -0.3 is 0 Å². The van der Waals surface area contributed by atoms with Gasteiger partial charge in [0.05, 0.1) is 0 Å². The Hall–Kier alpha value is 0.543. The molecule has 0 aromatic rings. The maximum atomic E-state index is 2.30. The van der Waals surface area contributed by atoms with Crippen molar-refractivity contribution in [3.05, 3.63) is 0 Å². The van der Waals surface area contributed by atoms with Gasteiger partial charge >= 0.3 is 117 Å². The summed E-state index contributed by atoms with van der Waals surface area (Å²) in [5.74, 6) is 0. The Bertz CT molecular complexity index is 109. The van der Waals surface area contributed by atoms with Crippen LogP contribution >= 0.6 is 0 Å². The molecule has 0 amide bonds. The molecule has 17 heavy (non-hydrogen) atoms. The van der Waals surface area contributed by atoms with Gasteiger partial charge in [0.2, 0.25) is 0 Å². The standard InChI is InChI=1S/C16H36Ge/c1-3-5-7-9-11-13-15-17-16-14-12-10-8-6-4-2/h3-17H2,1-2H3. The third-order valence-corrected chi connectivity index (χ3v) is 7.90. The Morgan fingerprint density at radius 1 is 0.471 bits per heavy atom. The molecule has 0 nitrogen and oxygen atoms in total. The minimum absolute atomic E-state index is 0.0720. The molecule has 0 bridgehead atoms. The molecule has 104 valence electrons. The van der Waals surface area contributed by atoms with Crippen molar-refractivity contribution in [2.45, 2.75) is 101 Å². The Labute approximate surface area is 117 Å². The molecule has 0 aliphatic carbocycles. The van der Waals surface area contributed by atoms with Crippen molar-refractivity contribution in [1.29, 1.82) is 0 Å². The van der Waals surface area contributed by atoms with Crippen molar-refractivity contribution in [3.63, 3.8) is 0 Å². The molecule has 0 atom stereocenters. The molecule has 0 fully saturated rings. The first-order valence-corrected chi connectivity index (χ1v) is 12.6. The van der Waals surface area contributed by atoms with Crippen molar-refractivity contribution in [1.82, 2.24) is 0 Å². The zero-order valence-corrected chi connectivity index (χ0v) is 15.6. The van der Waals surface area contributed by atoms with E-state index in [-0.39, 0.29) is 15.4 Å². The fourth-order valence-corrected chi connectivity index (χ4v) is 6.15. The van der Waals surface area contributed by atoms with E-state index >= 15 is 0 Å². The summed E-state index contributed by atoms with van der Waals surface area (Å²) in [6, 6.07) is 0. The molecule has 0 aliphatic heterocycles. The van der Waals surface area contributed by atoms with E-state index in [2.05, 4.69) is 13.8 Å². The second-order valence-corrected chi connectivity index (χ2v) is 10.0. The Morgan fingerprint density at radius 3 is 1.24 bits per heavy atom. The minimum atomic E-state index is -0.0720. The van der Waals surface area contributed by atoms with Gasteiger partial charge in [0.15, 0.2) is 0 Å². The van der Waals surface area contributed by atoms with Crippen LogP contribution in [0, 0.1) is 0 Å². The van der Waals surface area contributed by atoms with E-state index in [4.69, 9.17) is 0 Å². The van der Waals surface area contributed by atoms with Crippen LogP contribution in [0.3, 0.4) is 0 Å². The van der Waals surface area contributed by atoms with Crippen LogP contribution in [0.1, 0.15) is 90.9 Å². The van der Waals surface area contributed by atoms with Crippen LogP contribution in [-0.4, -0.2) is 15.4 Å². The second-order valence-electron chi connectivity index (χ2n) is 5.60. The fourth-order valence-electron chi connectivity index (χ4n) is 2.44. The maximum absolute atomic E-state index is 2.30. The Morgan fingerprint density at radius 2 is 0.824 bits per heavy atom. The molecule has 0 radical (unpaired) electrons. The third kappa shape index (κ3) is 16.5. The predicted octanol–water partition coefficient (Wildman–Crippen LogP) is 5.71. The van der Waals surface area contributed by atoms with E-state index in [0.717, 1.165) is 0 Å².